The maximum absolute atomic E-state index is 12.1. The van der Waals surface area contributed by atoms with Gasteiger partial charge in [0.25, 0.3) is 0 Å². The van der Waals surface area contributed by atoms with Gasteiger partial charge in [-0.1, -0.05) is 0 Å². The Morgan fingerprint density at radius 2 is 1.92 bits per heavy atom. The van der Waals surface area contributed by atoms with E-state index in [-0.39, 0.29) is 30.4 Å². The van der Waals surface area contributed by atoms with Gasteiger partial charge in [-0.3, -0.25) is 9.59 Å². The predicted molar refractivity (Wildman–Crippen MR) is 86.6 cm³/mol. The standard InChI is InChI=1S/C16H21NO6S/c1-16(15(19)20)8-9-17(11-16)14(18)7-10-23-12-3-5-13(6-4-12)24(2,21)22/h3-6H,7-11H2,1-2H3,(H,19,20). The SMILES string of the molecule is CC1(C(=O)O)CCN(C(=O)CCOc2ccc(S(C)(=O)=O)cc2)C1. The number of carboxylic acids is 1. The van der Waals surface area contributed by atoms with Crippen LogP contribution in [0.25, 0.3) is 0 Å². The Kier molecular flexibility index (Phi) is 5.17. The molecule has 0 spiro atoms. The van der Waals surface area contributed by atoms with Crippen molar-refractivity contribution in [3.8, 4) is 5.75 Å². The quantitative estimate of drug-likeness (QED) is 0.822. The van der Waals surface area contributed by atoms with Gasteiger partial charge in [0.2, 0.25) is 5.91 Å². The first-order chi connectivity index (χ1) is 11.1. The maximum atomic E-state index is 12.1. The molecule has 8 heteroatoms. The summed E-state index contributed by atoms with van der Waals surface area (Å²) in [6, 6.07) is 5.98. The summed E-state index contributed by atoms with van der Waals surface area (Å²) in [5.41, 5.74) is -0.877. The van der Waals surface area contributed by atoms with E-state index in [1.807, 2.05) is 0 Å². The van der Waals surface area contributed by atoms with Crippen LogP contribution in [0.5, 0.6) is 5.75 Å². The van der Waals surface area contributed by atoms with Gasteiger partial charge >= 0.3 is 5.97 Å². The van der Waals surface area contributed by atoms with Gasteiger partial charge in [-0.2, -0.15) is 0 Å². The van der Waals surface area contributed by atoms with Gasteiger partial charge in [-0.25, -0.2) is 8.42 Å². The van der Waals surface area contributed by atoms with E-state index in [4.69, 9.17) is 4.74 Å². The number of likely N-dealkylation sites (tertiary alicyclic amines) is 1. The van der Waals surface area contributed by atoms with Crippen molar-refractivity contribution in [2.24, 2.45) is 5.41 Å². The lowest BCUT2D eigenvalue weighted by Gasteiger charge is -2.20. The lowest BCUT2D eigenvalue weighted by molar-refractivity contribution is -0.147. The number of hydrogen-bond donors (Lipinski definition) is 1. The fourth-order valence-electron chi connectivity index (χ4n) is 2.55. The van der Waals surface area contributed by atoms with Crippen LogP contribution in [0.1, 0.15) is 19.8 Å². The average Bonchev–Trinajstić information content (AvgIpc) is 2.91. The number of aliphatic carboxylic acids is 1. The molecule has 0 aromatic heterocycles. The molecule has 0 radical (unpaired) electrons. The van der Waals surface area contributed by atoms with Crippen molar-refractivity contribution in [2.75, 3.05) is 26.0 Å². The van der Waals surface area contributed by atoms with Crippen LogP contribution >= 0.6 is 0 Å². The first kappa shape index (κ1) is 18.3. The van der Waals surface area contributed by atoms with Crippen molar-refractivity contribution in [3.63, 3.8) is 0 Å². The highest BCUT2D eigenvalue weighted by Gasteiger charge is 2.41. The maximum Gasteiger partial charge on any atom is 0.311 e. The molecule has 2 rings (SSSR count). The zero-order valence-electron chi connectivity index (χ0n) is 13.7. The second-order valence-corrected chi connectivity index (χ2v) is 8.29. The average molecular weight is 355 g/mol. The summed E-state index contributed by atoms with van der Waals surface area (Å²) < 4.78 is 28.2. The third-order valence-electron chi connectivity index (χ3n) is 4.18. The minimum absolute atomic E-state index is 0.142. The highest BCUT2D eigenvalue weighted by Crippen LogP contribution is 2.30. The van der Waals surface area contributed by atoms with Crippen LogP contribution < -0.4 is 4.74 Å². The molecule has 132 valence electrons. The second kappa shape index (κ2) is 6.80. The molecule has 0 saturated carbocycles. The summed E-state index contributed by atoms with van der Waals surface area (Å²) in [6.07, 6.45) is 1.72. The molecule has 1 aromatic rings. The Balaban J connectivity index is 1.82. The third-order valence-corrected chi connectivity index (χ3v) is 5.31. The van der Waals surface area contributed by atoms with E-state index in [2.05, 4.69) is 0 Å². The van der Waals surface area contributed by atoms with E-state index in [1.54, 1.807) is 11.8 Å². The number of sulfone groups is 1. The number of benzene rings is 1. The molecular formula is C16H21NO6S. The Bertz CT molecular complexity index is 727. The molecule has 0 aliphatic carbocycles. The van der Waals surface area contributed by atoms with Gasteiger partial charge in [-0.05, 0) is 37.6 Å². The van der Waals surface area contributed by atoms with Gasteiger partial charge in [0.1, 0.15) is 5.75 Å². The molecule has 1 atom stereocenters. The molecule has 0 bridgehead atoms. The Hall–Kier alpha value is -2.09. The van der Waals surface area contributed by atoms with Crippen LogP contribution in [-0.2, 0) is 19.4 Å². The molecule has 1 N–H and O–H groups in total. The summed E-state index contributed by atoms with van der Waals surface area (Å²) >= 11 is 0. The molecule has 1 aromatic carbocycles. The topological polar surface area (TPSA) is 101 Å². The summed E-state index contributed by atoms with van der Waals surface area (Å²) in [4.78, 5) is 25.0. The number of carbonyl (C=O) groups is 2. The molecule has 24 heavy (non-hydrogen) atoms. The van der Waals surface area contributed by atoms with E-state index < -0.39 is 21.2 Å². The Morgan fingerprint density at radius 3 is 2.42 bits per heavy atom. The first-order valence-corrected chi connectivity index (χ1v) is 9.45. The summed E-state index contributed by atoms with van der Waals surface area (Å²) in [5, 5.41) is 9.17. The van der Waals surface area contributed by atoms with Gasteiger partial charge in [0.15, 0.2) is 9.84 Å². The number of hydrogen-bond acceptors (Lipinski definition) is 5. The van der Waals surface area contributed by atoms with Gasteiger partial charge in [0.05, 0.1) is 23.3 Å². The molecule has 7 nitrogen and oxygen atoms in total. The summed E-state index contributed by atoms with van der Waals surface area (Å²) in [7, 11) is -3.25. The van der Waals surface area contributed by atoms with Crippen molar-refractivity contribution in [2.45, 2.75) is 24.7 Å². The number of ether oxygens (including phenoxy) is 1. The molecule has 1 amide bonds. The van der Waals surface area contributed by atoms with Crippen molar-refractivity contribution in [1.29, 1.82) is 0 Å². The minimum Gasteiger partial charge on any atom is -0.493 e. The molecule has 1 fully saturated rings. The highest BCUT2D eigenvalue weighted by atomic mass is 32.2. The number of nitrogens with zero attached hydrogens (tertiary/aromatic N) is 1. The molecular weight excluding hydrogens is 334 g/mol. The fraction of sp³-hybridized carbons (Fsp3) is 0.500. The zero-order valence-corrected chi connectivity index (χ0v) is 14.5. The lowest BCUT2D eigenvalue weighted by atomic mass is 9.90. The highest BCUT2D eigenvalue weighted by molar-refractivity contribution is 7.90. The van der Waals surface area contributed by atoms with E-state index in [9.17, 15) is 23.1 Å². The van der Waals surface area contributed by atoms with Crippen LogP contribution in [0.2, 0.25) is 0 Å². The molecule has 1 unspecified atom stereocenters. The normalized spacial score (nSPS) is 20.8. The van der Waals surface area contributed by atoms with Gasteiger partial charge in [-0.15, -0.1) is 0 Å². The van der Waals surface area contributed by atoms with E-state index in [1.165, 1.54) is 24.3 Å². The fourth-order valence-corrected chi connectivity index (χ4v) is 3.18. The van der Waals surface area contributed by atoms with Crippen LogP contribution in [0.15, 0.2) is 29.2 Å². The molecule has 1 heterocycles. The van der Waals surface area contributed by atoms with Crippen LogP contribution in [0, 0.1) is 5.41 Å². The van der Waals surface area contributed by atoms with Crippen molar-refractivity contribution < 1.29 is 27.9 Å². The van der Waals surface area contributed by atoms with Crippen LogP contribution in [-0.4, -0.2) is 56.3 Å². The monoisotopic (exact) mass is 355 g/mol. The molecule has 1 saturated heterocycles. The van der Waals surface area contributed by atoms with Crippen LogP contribution in [0.4, 0.5) is 0 Å². The van der Waals surface area contributed by atoms with Crippen LogP contribution in [0.3, 0.4) is 0 Å². The summed E-state index contributed by atoms with van der Waals surface area (Å²) in [6.45, 7) is 2.44. The van der Waals surface area contributed by atoms with Crippen molar-refractivity contribution in [3.05, 3.63) is 24.3 Å². The number of carboxylic acid groups (broad SMARTS) is 1. The number of amides is 1. The van der Waals surface area contributed by atoms with E-state index in [0.717, 1.165) is 6.26 Å². The second-order valence-electron chi connectivity index (χ2n) is 6.27. The molecule has 1 aliphatic heterocycles. The largest absolute Gasteiger partial charge is 0.493 e. The Morgan fingerprint density at radius 1 is 1.29 bits per heavy atom. The van der Waals surface area contributed by atoms with Crippen molar-refractivity contribution in [1.82, 2.24) is 4.90 Å². The van der Waals surface area contributed by atoms with Gasteiger partial charge < -0.3 is 14.7 Å². The first-order valence-electron chi connectivity index (χ1n) is 7.56. The Labute approximate surface area is 141 Å². The third kappa shape index (κ3) is 4.25. The van der Waals surface area contributed by atoms with Crippen molar-refractivity contribution >= 4 is 21.7 Å². The number of carbonyl (C=O) groups excluding carboxylic acids is 1. The lowest BCUT2D eigenvalue weighted by Crippen LogP contribution is -2.35. The zero-order chi connectivity index (χ0) is 18.0. The smallest absolute Gasteiger partial charge is 0.311 e. The van der Waals surface area contributed by atoms with E-state index in [0.29, 0.717) is 18.7 Å². The van der Waals surface area contributed by atoms with Gasteiger partial charge in [0, 0.05) is 19.3 Å². The molecule has 1 aliphatic rings. The summed E-state index contributed by atoms with van der Waals surface area (Å²) in [5.74, 6) is -0.556. The predicted octanol–water partition coefficient (Wildman–Crippen LogP) is 1.18. The minimum atomic E-state index is -3.25. The van der Waals surface area contributed by atoms with E-state index >= 15 is 0 Å². The number of rotatable bonds is 6.